The Morgan fingerprint density at radius 3 is 2.88 bits per heavy atom. The summed E-state index contributed by atoms with van der Waals surface area (Å²) in [6.07, 6.45) is 2.44. The highest BCUT2D eigenvalue weighted by Gasteiger charge is 2.22. The molecule has 1 aliphatic rings. The lowest BCUT2D eigenvalue weighted by molar-refractivity contribution is 0.0477. The molecule has 16 heavy (non-hydrogen) atoms. The number of hydrogen-bond acceptors (Lipinski definition) is 3. The Balaban J connectivity index is 0.00000128. The molecule has 0 unspecified atom stereocenters. The summed E-state index contributed by atoms with van der Waals surface area (Å²) >= 11 is 0. The maximum atomic E-state index is 11.6. The molecule has 0 saturated carbocycles. The van der Waals surface area contributed by atoms with Crippen molar-refractivity contribution in [3.8, 4) is 0 Å². The number of ether oxygens (including phenoxy) is 1. The van der Waals surface area contributed by atoms with Gasteiger partial charge in [0.25, 0.3) is 5.56 Å². The second-order valence-electron chi connectivity index (χ2n) is 3.66. The zero-order valence-corrected chi connectivity index (χ0v) is 9.86. The summed E-state index contributed by atoms with van der Waals surface area (Å²) in [5.41, 5.74) is 1.58. The number of esters is 1. The smallest absolute Gasteiger partial charge is 0.344 e. The van der Waals surface area contributed by atoms with Gasteiger partial charge in [-0.15, -0.1) is 12.4 Å². The lowest BCUT2D eigenvalue weighted by Gasteiger charge is -2.15. The fourth-order valence-electron chi connectivity index (χ4n) is 1.82. The van der Waals surface area contributed by atoms with Gasteiger partial charge in [0.15, 0.2) is 0 Å². The van der Waals surface area contributed by atoms with Crippen molar-refractivity contribution in [3.05, 3.63) is 33.2 Å². The lowest BCUT2D eigenvalue weighted by atomic mass is 10.0. The molecule has 0 amide bonds. The first-order valence-corrected chi connectivity index (χ1v) is 5.14. The van der Waals surface area contributed by atoms with Crippen molar-refractivity contribution in [1.29, 1.82) is 0 Å². The van der Waals surface area contributed by atoms with Gasteiger partial charge in [-0.05, 0) is 18.1 Å². The minimum absolute atomic E-state index is 0. The van der Waals surface area contributed by atoms with E-state index in [-0.39, 0.29) is 23.5 Å². The number of hydrogen-bond donors (Lipinski definition) is 1. The minimum atomic E-state index is -0.499. The number of aryl methyl sites for hydroxylation is 1. The molecule has 0 aliphatic carbocycles. The van der Waals surface area contributed by atoms with Crippen molar-refractivity contribution in [2.45, 2.75) is 26.2 Å². The van der Waals surface area contributed by atoms with Crippen LogP contribution in [0.2, 0.25) is 0 Å². The molecule has 2 heterocycles. The van der Waals surface area contributed by atoms with Crippen LogP contribution in [0.1, 0.15) is 35.0 Å². The number of H-pyrrole nitrogens is 1. The van der Waals surface area contributed by atoms with Crippen LogP contribution in [0.4, 0.5) is 0 Å². The first-order chi connectivity index (χ1) is 7.22. The van der Waals surface area contributed by atoms with Crippen LogP contribution in [0.3, 0.4) is 0 Å². The molecule has 1 aliphatic heterocycles. The van der Waals surface area contributed by atoms with Gasteiger partial charge in [-0.1, -0.05) is 13.3 Å². The van der Waals surface area contributed by atoms with E-state index in [0.29, 0.717) is 13.0 Å². The molecule has 0 aromatic carbocycles. The summed E-state index contributed by atoms with van der Waals surface area (Å²) in [6, 6.07) is 1.90. The van der Waals surface area contributed by atoms with Gasteiger partial charge in [0.2, 0.25) is 0 Å². The van der Waals surface area contributed by atoms with Crippen LogP contribution in [0.15, 0.2) is 10.9 Å². The molecule has 88 valence electrons. The number of aromatic nitrogens is 1. The molecular weight excluding hydrogens is 230 g/mol. The summed E-state index contributed by atoms with van der Waals surface area (Å²) in [5.74, 6) is -0.499. The maximum absolute atomic E-state index is 11.6. The third kappa shape index (κ3) is 2.27. The monoisotopic (exact) mass is 243 g/mol. The van der Waals surface area contributed by atoms with Crippen molar-refractivity contribution in [1.82, 2.24) is 4.98 Å². The van der Waals surface area contributed by atoms with E-state index in [2.05, 4.69) is 4.98 Å². The first kappa shape index (κ1) is 12.8. The van der Waals surface area contributed by atoms with Crippen molar-refractivity contribution in [2.75, 3.05) is 6.61 Å². The van der Waals surface area contributed by atoms with Crippen LogP contribution < -0.4 is 5.56 Å². The zero-order valence-electron chi connectivity index (χ0n) is 9.04. The van der Waals surface area contributed by atoms with Crippen LogP contribution in [-0.2, 0) is 17.6 Å². The molecule has 4 nitrogen and oxygen atoms in total. The second kappa shape index (κ2) is 5.16. The van der Waals surface area contributed by atoms with Crippen LogP contribution in [-0.4, -0.2) is 17.6 Å². The van der Waals surface area contributed by atoms with Gasteiger partial charge in [0, 0.05) is 12.1 Å². The highest BCUT2D eigenvalue weighted by Crippen LogP contribution is 2.14. The molecule has 0 fully saturated rings. The Hall–Kier alpha value is -1.29. The lowest BCUT2D eigenvalue weighted by Crippen LogP contribution is -2.28. The van der Waals surface area contributed by atoms with E-state index < -0.39 is 5.97 Å². The third-order valence-corrected chi connectivity index (χ3v) is 2.50. The number of nitrogens with one attached hydrogen (secondary N) is 1. The number of cyclic esters (lactones) is 1. The maximum Gasteiger partial charge on any atom is 0.344 e. The topological polar surface area (TPSA) is 59.2 Å². The number of halogens is 1. The van der Waals surface area contributed by atoms with Gasteiger partial charge in [-0.3, -0.25) is 4.79 Å². The molecule has 0 bridgehead atoms. The standard InChI is InChI=1S/C11H13NO3.ClH/c1-2-3-8-6-7-4-5-15-11(14)9(7)10(13)12-8;/h6H,2-5H2,1H3,(H,12,13);1H. The summed E-state index contributed by atoms with van der Waals surface area (Å²) in [4.78, 5) is 25.7. The van der Waals surface area contributed by atoms with Gasteiger partial charge >= 0.3 is 5.97 Å². The van der Waals surface area contributed by atoms with Crippen molar-refractivity contribution >= 4 is 18.4 Å². The molecule has 1 N–H and O–H groups in total. The Morgan fingerprint density at radius 2 is 2.19 bits per heavy atom. The second-order valence-corrected chi connectivity index (χ2v) is 3.66. The average molecular weight is 244 g/mol. The number of carbonyl (C=O) groups excluding carboxylic acids is 1. The van der Waals surface area contributed by atoms with Crippen LogP contribution in [0.25, 0.3) is 0 Å². The van der Waals surface area contributed by atoms with E-state index in [1.54, 1.807) is 0 Å². The molecule has 2 rings (SSSR count). The molecule has 1 aromatic heterocycles. The molecule has 0 radical (unpaired) electrons. The highest BCUT2D eigenvalue weighted by atomic mass is 35.5. The fraction of sp³-hybridized carbons (Fsp3) is 0.455. The van der Waals surface area contributed by atoms with Crippen LogP contribution >= 0.6 is 12.4 Å². The van der Waals surface area contributed by atoms with E-state index in [4.69, 9.17) is 4.74 Å². The predicted octanol–water partition coefficient (Wildman–Crippen LogP) is 1.46. The minimum Gasteiger partial charge on any atom is -0.462 e. The normalized spacial score (nSPS) is 13.7. The van der Waals surface area contributed by atoms with Crippen LogP contribution in [0, 0.1) is 0 Å². The quantitative estimate of drug-likeness (QED) is 0.800. The first-order valence-electron chi connectivity index (χ1n) is 5.14. The molecular formula is C11H14ClNO3. The van der Waals surface area contributed by atoms with E-state index in [0.717, 1.165) is 24.1 Å². The Labute approximate surface area is 99.4 Å². The van der Waals surface area contributed by atoms with E-state index in [1.165, 1.54) is 0 Å². The summed E-state index contributed by atoms with van der Waals surface area (Å²) in [5, 5.41) is 0. The molecule has 0 spiro atoms. The number of pyridine rings is 1. The van der Waals surface area contributed by atoms with Gasteiger partial charge in [-0.25, -0.2) is 4.79 Å². The molecule has 0 saturated heterocycles. The third-order valence-electron chi connectivity index (χ3n) is 2.50. The van der Waals surface area contributed by atoms with Crippen molar-refractivity contribution in [2.24, 2.45) is 0 Å². The van der Waals surface area contributed by atoms with Crippen molar-refractivity contribution < 1.29 is 9.53 Å². The average Bonchev–Trinajstić information content (AvgIpc) is 2.17. The predicted molar refractivity (Wildman–Crippen MR) is 62.3 cm³/mol. The molecule has 0 atom stereocenters. The number of aromatic amines is 1. The number of fused-ring (bicyclic) bond motifs is 1. The zero-order chi connectivity index (χ0) is 10.8. The van der Waals surface area contributed by atoms with Gasteiger partial charge in [-0.2, -0.15) is 0 Å². The van der Waals surface area contributed by atoms with E-state index in [1.807, 2.05) is 13.0 Å². The largest absolute Gasteiger partial charge is 0.462 e. The Kier molecular flexibility index (Phi) is 4.12. The Morgan fingerprint density at radius 1 is 1.44 bits per heavy atom. The SMILES string of the molecule is CCCc1cc2c(c(=O)[nH]1)C(=O)OCC2.Cl. The van der Waals surface area contributed by atoms with Gasteiger partial charge in [0.05, 0.1) is 6.61 Å². The summed E-state index contributed by atoms with van der Waals surface area (Å²) < 4.78 is 4.83. The number of rotatable bonds is 2. The van der Waals surface area contributed by atoms with Gasteiger partial charge < -0.3 is 9.72 Å². The van der Waals surface area contributed by atoms with Crippen molar-refractivity contribution in [3.63, 3.8) is 0 Å². The Bertz CT molecular complexity index is 453. The van der Waals surface area contributed by atoms with Gasteiger partial charge in [0.1, 0.15) is 5.56 Å². The van der Waals surface area contributed by atoms with E-state index in [9.17, 15) is 9.59 Å². The summed E-state index contributed by atoms with van der Waals surface area (Å²) in [6.45, 7) is 2.42. The molecule has 1 aromatic rings. The summed E-state index contributed by atoms with van der Waals surface area (Å²) in [7, 11) is 0. The highest BCUT2D eigenvalue weighted by molar-refractivity contribution is 5.91. The fourth-order valence-corrected chi connectivity index (χ4v) is 1.82. The number of carbonyl (C=O) groups is 1. The van der Waals surface area contributed by atoms with E-state index >= 15 is 0 Å². The molecule has 5 heteroatoms. The van der Waals surface area contributed by atoms with Crippen LogP contribution in [0.5, 0.6) is 0 Å².